The molecule has 0 saturated heterocycles. The second-order valence-electron chi connectivity index (χ2n) is 13.4. The lowest BCUT2D eigenvalue weighted by Gasteiger charge is -2.34. The van der Waals surface area contributed by atoms with Crippen molar-refractivity contribution in [2.75, 3.05) is 34.5 Å². The van der Waals surface area contributed by atoms with Crippen LogP contribution in [-0.2, 0) is 34.5 Å². The van der Waals surface area contributed by atoms with E-state index in [1.165, 1.54) is 0 Å². The van der Waals surface area contributed by atoms with Gasteiger partial charge < -0.3 is 39.2 Å². The third kappa shape index (κ3) is 13.3. The van der Waals surface area contributed by atoms with Crippen molar-refractivity contribution in [3.63, 3.8) is 0 Å². The summed E-state index contributed by atoms with van der Waals surface area (Å²) in [5.74, 6) is -2.42. The number of allylic oxidation sites excluding steroid dienone is 2. The van der Waals surface area contributed by atoms with Gasteiger partial charge in [-0.25, -0.2) is 0 Å². The van der Waals surface area contributed by atoms with Crippen LogP contribution in [0.1, 0.15) is 98.0 Å². The van der Waals surface area contributed by atoms with E-state index in [2.05, 4.69) is 10.6 Å². The van der Waals surface area contributed by atoms with Gasteiger partial charge in [0.05, 0.1) is 33.5 Å². The average Bonchev–Trinajstić information content (AvgIpc) is 3.08. The number of aliphatic hydroxyl groups is 1. The molecule has 1 aromatic carbocycles. The van der Waals surface area contributed by atoms with Crippen LogP contribution in [0.15, 0.2) is 30.4 Å². The van der Waals surface area contributed by atoms with E-state index in [0.717, 1.165) is 31.2 Å². The SMILES string of the molecule is CCCC1CCCC/C=C\CC(C(=O)N(C)Cc2ccc(OC)cc2OC)C[C@@H](C(O)P(=O)(OCC)OCC)NC(=O)[C@H](CC(C)C)NC1=O. The van der Waals surface area contributed by atoms with Gasteiger partial charge in [0, 0.05) is 37.1 Å². The molecule has 0 bridgehead atoms. The van der Waals surface area contributed by atoms with Crippen molar-refractivity contribution in [1.82, 2.24) is 15.5 Å². The minimum absolute atomic E-state index is 0.00260. The molecule has 0 aliphatic carbocycles. The van der Waals surface area contributed by atoms with Gasteiger partial charge in [-0.2, -0.15) is 0 Å². The smallest absolute Gasteiger partial charge is 0.360 e. The maximum Gasteiger partial charge on any atom is 0.360 e. The van der Waals surface area contributed by atoms with Gasteiger partial charge in [-0.1, -0.05) is 45.8 Å². The van der Waals surface area contributed by atoms with E-state index in [1.54, 1.807) is 52.1 Å². The van der Waals surface area contributed by atoms with Crippen LogP contribution in [0, 0.1) is 17.8 Å². The van der Waals surface area contributed by atoms with Gasteiger partial charge in [-0.05, 0) is 76.8 Å². The summed E-state index contributed by atoms with van der Waals surface area (Å²) in [6.45, 7) is 9.45. The minimum atomic E-state index is -4.16. The lowest BCUT2D eigenvalue weighted by molar-refractivity contribution is -0.136. The van der Waals surface area contributed by atoms with Crippen LogP contribution in [-0.4, -0.2) is 80.1 Å². The molecule has 0 saturated carbocycles. The summed E-state index contributed by atoms with van der Waals surface area (Å²) in [6.07, 6.45) is 9.36. The molecule has 1 aliphatic heterocycles. The third-order valence-electron chi connectivity index (χ3n) is 8.90. The van der Waals surface area contributed by atoms with E-state index in [1.807, 2.05) is 39.0 Å². The second-order valence-corrected chi connectivity index (χ2v) is 15.5. The molecule has 12 nitrogen and oxygen atoms in total. The fourth-order valence-corrected chi connectivity index (χ4v) is 8.06. The Kier molecular flexibility index (Phi) is 19.1. The van der Waals surface area contributed by atoms with E-state index >= 15 is 0 Å². The Balaban J connectivity index is 2.58. The van der Waals surface area contributed by atoms with Crippen LogP contribution in [0.3, 0.4) is 0 Å². The maximum atomic E-state index is 14.2. The van der Waals surface area contributed by atoms with Crippen molar-refractivity contribution in [3.05, 3.63) is 35.9 Å². The van der Waals surface area contributed by atoms with Gasteiger partial charge in [-0.3, -0.25) is 18.9 Å². The summed E-state index contributed by atoms with van der Waals surface area (Å²) in [7, 11) is 0.640. The molecule has 2 rings (SSSR count). The molecule has 1 aliphatic rings. The van der Waals surface area contributed by atoms with Crippen LogP contribution >= 0.6 is 7.60 Å². The summed E-state index contributed by atoms with van der Waals surface area (Å²) in [6, 6.07) is 3.27. The second kappa shape index (κ2) is 22.1. The predicted molar refractivity (Wildman–Crippen MR) is 195 cm³/mol. The van der Waals surface area contributed by atoms with Gasteiger partial charge in [0.1, 0.15) is 17.5 Å². The van der Waals surface area contributed by atoms with Crippen molar-refractivity contribution in [3.8, 4) is 11.5 Å². The predicted octanol–water partition coefficient (Wildman–Crippen LogP) is 6.21. The Hall–Kier alpha value is -2.92. The van der Waals surface area contributed by atoms with E-state index in [4.69, 9.17) is 18.5 Å². The van der Waals surface area contributed by atoms with Crippen molar-refractivity contribution < 1.29 is 42.6 Å². The number of amides is 3. The Labute approximate surface area is 299 Å². The average molecular weight is 724 g/mol. The van der Waals surface area contributed by atoms with Crippen LogP contribution in [0.5, 0.6) is 11.5 Å². The van der Waals surface area contributed by atoms with Crippen LogP contribution < -0.4 is 20.1 Å². The highest BCUT2D eigenvalue weighted by atomic mass is 31.2. The number of hydrogen-bond donors (Lipinski definition) is 3. The molecule has 284 valence electrons. The molecular formula is C37H62N3O9P. The third-order valence-corrected chi connectivity index (χ3v) is 11.1. The molecule has 0 aromatic heterocycles. The number of benzene rings is 1. The molecule has 0 spiro atoms. The highest BCUT2D eigenvalue weighted by Crippen LogP contribution is 2.53. The zero-order valence-corrected chi connectivity index (χ0v) is 32.3. The van der Waals surface area contributed by atoms with Gasteiger partial charge in [-0.15, -0.1) is 0 Å². The van der Waals surface area contributed by atoms with Gasteiger partial charge >= 0.3 is 7.60 Å². The summed E-state index contributed by atoms with van der Waals surface area (Å²) < 4.78 is 35.8. The minimum Gasteiger partial charge on any atom is -0.497 e. The Morgan fingerprint density at radius 1 is 1.02 bits per heavy atom. The number of methoxy groups -OCH3 is 2. The summed E-state index contributed by atoms with van der Waals surface area (Å²) in [5, 5.41) is 17.6. The number of hydrogen-bond acceptors (Lipinski definition) is 9. The maximum absolute atomic E-state index is 14.2. The normalized spacial score (nSPS) is 22.7. The molecule has 50 heavy (non-hydrogen) atoms. The number of carbonyl (C=O) groups excluding carboxylic acids is 3. The molecule has 3 unspecified atom stereocenters. The van der Waals surface area contributed by atoms with Crippen molar-refractivity contribution in [2.45, 2.75) is 117 Å². The van der Waals surface area contributed by atoms with E-state index in [9.17, 15) is 24.1 Å². The molecule has 1 heterocycles. The lowest BCUT2D eigenvalue weighted by Crippen LogP contribution is -2.54. The zero-order valence-electron chi connectivity index (χ0n) is 31.4. The van der Waals surface area contributed by atoms with Gasteiger partial charge in [0.15, 0.2) is 5.85 Å². The van der Waals surface area contributed by atoms with E-state index < -0.39 is 37.3 Å². The van der Waals surface area contributed by atoms with Crippen LogP contribution in [0.4, 0.5) is 0 Å². The zero-order chi connectivity index (χ0) is 37.3. The quantitative estimate of drug-likeness (QED) is 0.142. The molecular weight excluding hydrogens is 661 g/mol. The molecule has 0 radical (unpaired) electrons. The molecule has 13 heteroatoms. The highest BCUT2D eigenvalue weighted by Gasteiger charge is 2.43. The highest BCUT2D eigenvalue weighted by molar-refractivity contribution is 7.54. The topological polar surface area (TPSA) is 153 Å². The first-order valence-corrected chi connectivity index (χ1v) is 19.7. The molecule has 3 amide bonds. The molecule has 3 N–H and O–H groups in total. The fraction of sp³-hybridized carbons (Fsp3) is 0.703. The standard InChI is InChI=1S/C37H62N3O9P/c1-9-17-27-18-15-13-12-14-16-19-28(36(43)40(6)25-29-20-21-30(46-7)24-33(29)47-8)23-32(37(44)50(45,48-10-2)49-11-3)39-35(42)31(22-26(4)5)38-34(27)41/h14,16,20-21,24,26-28,31-32,37,44H,9-13,15,17-19,22-23,25H2,1-8H3,(H,38,41)(H,39,42)/b16-14-/t27?,28?,31-,32-,37?/m0/s1. The fourth-order valence-electron chi connectivity index (χ4n) is 6.32. The number of aliphatic hydroxyl groups excluding tert-OH is 1. The van der Waals surface area contributed by atoms with Gasteiger partial charge in [0.2, 0.25) is 17.7 Å². The van der Waals surface area contributed by atoms with Gasteiger partial charge in [0.25, 0.3) is 0 Å². The van der Waals surface area contributed by atoms with Crippen molar-refractivity contribution in [2.24, 2.45) is 17.8 Å². The molecule has 0 fully saturated rings. The summed E-state index contributed by atoms with van der Waals surface area (Å²) in [4.78, 5) is 43.4. The number of ether oxygens (including phenoxy) is 2. The van der Waals surface area contributed by atoms with Crippen molar-refractivity contribution in [1.29, 1.82) is 0 Å². The lowest BCUT2D eigenvalue weighted by atomic mass is 9.92. The number of nitrogens with one attached hydrogen (secondary N) is 2. The summed E-state index contributed by atoms with van der Waals surface area (Å²) >= 11 is 0. The van der Waals surface area contributed by atoms with Crippen LogP contribution in [0.25, 0.3) is 0 Å². The van der Waals surface area contributed by atoms with Crippen LogP contribution in [0.2, 0.25) is 0 Å². The van der Waals surface area contributed by atoms with E-state index in [0.29, 0.717) is 37.2 Å². The number of carbonyl (C=O) groups is 3. The summed E-state index contributed by atoms with van der Waals surface area (Å²) in [5.41, 5.74) is 0.767. The Morgan fingerprint density at radius 2 is 1.72 bits per heavy atom. The first-order valence-electron chi connectivity index (χ1n) is 18.1. The monoisotopic (exact) mass is 723 g/mol. The largest absolute Gasteiger partial charge is 0.497 e. The molecule has 5 atom stereocenters. The first-order chi connectivity index (χ1) is 23.8. The Morgan fingerprint density at radius 3 is 2.32 bits per heavy atom. The number of rotatable bonds is 15. The first kappa shape index (κ1) is 43.2. The van der Waals surface area contributed by atoms with Crippen molar-refractivity contribution >= 4 is 25.3 Å². The van der Waals surface area contributed by atoms with E-state index in [-0.39, 0.29) is 49.8 Å². The molecule has 1 aromatic rings. The number of nitrogens with zero attached hydrogens (tertiary/aromatic N) is 1. The Bertz CT molecular complexity index is 1280.